The van der Waals surface area contributed by atoms with Crippen LogP contribution in [0.1, 0.15) is 0 Å². The molecule has 112 valence electrons. The fraction of sp³-hybridized carbons (Fsp3) is 0.286. The summed E-state index contributed by atoms with van der Waals surface area (Å²) < 4.78 is 7.05. The molecule has 2 rings (SSSR count). The molecule has 0 aliphatic carbocycles. The molecule has 7 heteroatoms. The third-order valence-corrected chi connectivity index (χ3v) is 3.21. The van der Waals surface area contributed by atoms with Gasteiger partial charge in [-0.2, -0.15) is 5.10 Å². The molecule has 21 heavy (non-hydrogen) atoms. The third kappa shape index (κ3) is 4.39. The Morgan fingerprint density at radius 3 is 2.90 bits per heavy atom. The average Bonchev–Trinajstić information content (AvgIpc) is 2.86. The number of carbonyl (C=O) groups is 1. The van der Waals surface area contributed by atoms with Gasteiger partial charge >= 0.3 is 0 Å². The van der Waals surface area contributed by atoms with Gasteiger partial charge < -0.3 is 15.4 Å². The van der Waals surface area contributed by atoms with E-state index in [2.05, 4.69) is 5.10 Å². The number of aromatic nitrogens is 2. The maximum atomic E-state index is 12.0. The highest BCUT2D eigenvalue weighted by atomic mass is 35.5. The van der Waals surface area contributed by atoms with E-state index in [4.69, 9.17) is 22.1 Å². The molecule has 0 atom stereocenters. The Hall–Kier alpha value is -2.21. The van der Waals surface area contributed by atoms with Crippen LogP contribution in [0.5, 0.6) is 5.75 Å². The number of nitrogens with zero attached hydrogens (tertiary/aromatic N) is 3. The molecule has 0 aliphatic heterocycles. The molecular weight excluding hydrogens is 292 g/mol. The minimum absolute atomic E-state index is 0.0686. The van der Waals surface area contributed by atoms with E-state index in [1.165, 1.54) is 10.9 Å². The molecule has 0 spiro atoms. The second-order valence-electron chi connectivity index (χ2n) is 4.57. The smallest absolute Gasteiger partial charge is 0.244 e. The van der Waals surface area contributed by atoms with Crippen LogP contribution in [0.15, 0.2) is 36.7 Å². The van der Waals surface area contributed by atoms with Crippen molar-refractivity contribution in [3.63, 3.8) is 0 Å². The lowest BCUT2D eigenvalue weighted by Gasteiger charge is -2.17. The molecule has 0 bridgehead atoms. The lowest BCUT2D eigenvalue weighted by Crippen LogP contribution is -2.33. The van der Waals surface area contributed by atoms with Crippen molar-refractivity contribution in [2.75, 3.05) is 25.9 Å². The first-order valence-electron chi connectivity index (χ1n) is 6.45. The highest BCUT2D eigenvalue weighted by Crippen LogP contribution is 2.22. The molecule has 0 unspecified atom stereocenters. The van der Waals surface area contributed by atoms with E-state index in [0.29, 0.717) is 29.6 Å². The molecule has 2 aromatic rings. The van der Waals surface area contributed by atoms with E-state index >= 15 is 0 Å². The average molecular weight is 309 g/mol. The van der Waals surface area contributed by atoms with Crippen LogP contribution in [0.4, 0.5) is 5.69 Å². The minimum Gasteiger partial charge on any atom is -0.490 e. The lowest BCUT2D eigenvalue weighted by molar-refractivity contribution is -0.131. The van der Waals surface area contributed by atoms with Crippen molar-refractivity contribution in [1.29, 1.82) is 0 Å². The summed E-state index contributed by atoms with van der Waals surface area (Å²) in [7, 11) is 1.71. The number of para-hydroxylation sites is 1. The Morgan fingerprint density at radius 1 is 1.48 bits per heavy atom. The van der Waals surface area contributed by atoms with Crippen molar-refractivity contribution < 1.29 is 9.53 Å². The van der Waals surface area contributed by atoms with E-state index in [0.717, 1.165) is 0 Å². The summed E-state index contributed by atoms with van der Waals surface area (Å²) in [6.45, 7) is 0.980. The van der Waals surface area contributed by atoms with Crippen LogP contribution >= 0.6 is 11.6 Å². The Morgan fingerprint density at radius 2 is 2.24 bits per heavy atom. The van der Waals surface area contributed by atoms with Crippen LogP contribution in [0, 0.1) is 0 Å². The minimum atomic E-state index is -0.0686. The first-order chi connectivity index (χ1) is 10.1. The maximum absolute atomic E-state index is 12.0. The van der Waals surface area contributed by atoms with E-state index in [-0.39, 0.29) is 12.5 Å². The molecule has 0 aliphatic rings. The van der Waals surface area contributed by atoms with Crippen LogP contribution in [-0.2, 0) is 11.3 Å². The summed E-state index contributed by atoms with van der Waals surface area (Å²) in [6, 6.07) is 7.23. The predicted molar refractivity (Wildman–Crippen MR) is 81.2 cm³/mol. The topological polar surface area (TPSA) is 73.4 Å². The van der Waals surface area contributed by atoms with Crippen LogP contribution in [-0.4, -0.2) is 40.8 Å². The number of carbonyl (C=O) groups excluding carboxylic acids is 1. The zero-order valence-electron chi connectivity index (χ0n) is 11.7. The molecule has 1 aromatic heterocycles. The Labute approximate surface area is 128 Å². The fourth-order valence-electron chi connectivity index (χ4n) is 1.70. The van der Waals surface area contributed by atoms with Gasteiger partial charge in [-0.25, -0.2) is 0 Å². The number of hydrogen-bond donors (Lipinski definition) is 1. The number of nitrogen functional groups attached to an aromatic ring is 1. The van der Waals surface area contributed by atoms with Gasteiger partial charge in [-0.3, -0.25) is 9.48 Å². The van der Waals surface area contributed by atoms with Gasteiger partial charge in [-0.05, 0) is 12.1 Å². The van der Waals surface area contributed by atoms with E-state index in [1.54, 1.807) is 30.3 Å². The molecular formula is C14H17ClN4O2. The summed E-state index contributed by atoms with van der Waals surface area (Å²) in [5.41, 5.74) is 6.08. The number of ether oxygens (including phenoxy) is 1. The molecule has 1 heterocycles. The number of halogens is 1. The van der Waals surface area contributed by atoms with Crippen molar-refractivity contribution in [1.82, 2.24) is 14.7 Å². The summed E-state index contributed by atoms with van der Waals surface area (Å²) in [4.78, 5) is 13.6. The van der Waals surface area contributed by atoms with E-state index in [1.807, 2.05) is 12.1 Å². The predicted octanol–water partition coefficient (Wildman–Crippen LogP) is 1.66. The molecule has 2 N–H and O–H groups in total. The molecule has 0 radical (unpaired) electrons. The highest BCUT2D eigenvalue weighted by Gasteiger charge is 2.10. The van der Waals surface area contributed by atoms with Gasteiger partial charge in [0.05, 0.1) is 23.5 Å². The van der Waals surface area contributed by atoms with Gasteiger partial charge in [-0.1, -0.05) is 23.7 Å². The molecule has 0 fully saturated rings. The number of hydrogen-bond acceptors (Lipinski definition) is 4. The number of likely N-dealkylation sites (N-methyl/N-ethyl adjacent to an activating group) is 1. The summed E-state index contributed by atoms with van der Waals surface area (Å²) in [5, 5.41) is 4.53. The van der Waals surface area contributed by atoms with Gasteiger partial charge in [0.15, 0.2) is 0 Å². The van der Waals surface area contributed by atoms with Crippen LogP contribution in [0.25, 0.3) is 0 Å². The summed E-state index contributed by atoms with van der Waals surface area (Å²) in [5.74, 6) is 0.542. The first kappa shape index (κ1) is 15.2. The van der Waals surface area contributed by atoms with Gasteiger partial charge in [-0.15, -0.1) is 0 Å². The molecule has 0 saturated heterocycles. The molecule has 1 aromatic carbocycles. The standard InChI is InChI=1S/C14H17ClN4O2/c1-18(14(20)10-19-9-11(16)8-17-19)6-7-21-13-5-3-2-4-12(13)15/h2-5,8-9H,6-7,10,16H2,1H3. The lowest BCUT2D eigenvalue weighted by atomic mass is 10.3. The maximum Gasteiger partial charge on any atom is 0.244 e. The van der Waals surface area contributed by atoms with Gasteiger partial charge in [0.2, 0.25) is 5.91 Å². The van der Waals surface area contributed by atoms with Gasteiger partial charge in [0.25, 0.3) is 0 Å². The molecule has 6 nitrogen and oxygen atoms in total. The van der Waals surface area contributed by atoms with Crippen molar-refractivity contribution in [3.8, 4) is 5.75 Å². The third-order valence-electron chi connectivity index (χ3n) is 2.90. The van der Waals surface area contributed by atoms with Gasteiger partial charge in [0, 0.05) is 13.2 Å². The monoisotopic (exact) mass is 308 g/mol. The Balaban J connectivity index is 1.77. The van der Waals surface area contributed by atoms with Crippen LogP contribution in [0.2, 0.25) is 5.02 Å². The Kier molecular flexibility index (Phi) is 5.05. The second-order valence-corrected chi connectivity index (χ2v) is 4.97. The highest BCUT2D eigenvalue weighted by molar-refractivity contribution is 6.32. The van der Waals surface area contributed by atoms with E-state index in [9.17, 15) is 4.79 Å². The zero-order chi connectivity index (χ0) is 15.2. The summed E-state index contributed by atoms with van der Waals surface area (Å²) >= 11 is 5.98. The largest absolute Gasteiger partial charge is 0.490 e. The normalized spacial score (nSPS) is 10.4. The van der Waals surface area contributed by atoms with Crippen LogP contribution in [0.3, 0.4) is 0 Å². The fourth-order valence-corrected chi connectivity index (χ4v) is 1.89. The summed E-state index contributed by atoms with van der Waals surface area (Å²) in [6.07, 6.45) is 3.12. The SMILES string of the molecule is CN(CCOc1ccccc1Cl)C(=O)Cn1cc(N)cn1. The van der Waals surface area contributed by atoms with Crippen molar-refractivity contribution in [2.45, 2.75) is 6.54 Å². The van der Waals surface area contributed by atoms with Crippen LogP contribution < -0.4 is 10.5 Å². The number of nitrogens with two attached hydrogens (primary N) is 1. The van der Waals surface area contributed by atoms with Crippen molar-refractivity contribution in [3.05, 3.63) is 41.7 Å². The number of anilines is 1. The number of amides is 1. The zero-order valence-corrected chi connectivity index (χ0v) is 12.5. The quantitative estimate of drug-likeness (QED) is 0.880. The second kappa shape index (κ2) is 6.99. The van der Waals surface area contributed by atoms with Crippen molar-refractivity contribution in [2.24, 2.45) is 0 Å². The van der Waals surface area contributed by atoms with Gasteiger partial charge in [0.1, 0.15) is 18.9 Å². The number of benzene rings is 1. The number of rotatable bonds is 6. The van der Waals surface area contributed by atoms with Crippen molar-refractivity contribution >= 4 is 23.2 Å². The van der Waals surface area contributed by atoms with E-state index < -0.39 is 0 Å². The first-order valence-corrected chi connectivity index (χ1v) is 6.83. The Bertz CT molecular complexity index is 615. The molecule has 0 saturated carbocycles. The molecule has 1 amide bonds.